The number of rotatable bonds is 9. The summed E-state index contributed by atoms with van der Waals surface area (Å²) in [5.74, 6) is 2.36. The van der Waals surface area contributed by atoms with Crippen molar-refractivity contribution in [2.75, 3.05) is 59.5 Å². The van der Waals surface area contributed by atoms with Crippen LogP contribution in [0.1, 0.15) is 11.1 Å². The van der Waals surface area contributed by atoms with Gasteiger partial charge >= 0.3 is 0 Å². The molecule has 0 aliphatic carbocycles. The third-order valence-corrected chi connectivity index (χ3v) is 7.52. The fourth-order valence-electron chi connectivity index (χ4n) is 5.30. The fourth-order valence-corrected chi connectivity index (χ4v) is 5.30. The van der Waals surface area contributed by atoms with Crippen LogP contribution in [0.3, 0.4) is 0 Å². The van der Waals surface area contributed by atoms with Gasteiger partial charge in [-0.05, 0) is 52.6 Å². The Morgan fingerprint density at radius 1 is 0.651 bits per heavy atom. The number of piperazine rings is 1. The molecule has 8 heteroatoms. The van der Waals surface area contributed by atoms with Gasteiger partial charge in [-0.1, -0.05) is 66.7 Å². The predicted molar refractivity (Wildman–Crippen MR) is 175 cm³/mol. The number of ether oxygens (including phenoxy) is 4. The van der Waals surface area contributed by atoms with E-state index in [1.807, 2.05) is 71.6 Å². The maximum atomic E-state index is 14.2. The first kappa shape index (κ1) is 31.3. The summed E-state index contributed by atoms with van der Waals surface area (Å²) in [5.41, 5.74) is 5.45. The molecule has 43 heavy (non-hydrogen) atoms. The molecule has 1 saturated heterocycles. The van der Waals surface area contributed by atoms with Crippen molar-refractivity contribution in [1.29, 1.82) is 0 Å². The van der Waals surface area contributed by atoms with Crippen LogP contribution in [0, 0.1) is 0 Å². The summed E-state index contributed by atoms with van der Waals surface area (Å²) in [7, 11) is 6.42. The summed E-state index contributed by atoms with van der Waals surface area (Å²) >= 11 is 0. The number of hydrogen-bond acceptors (Lipinski definition) is 6. The summed E-state index contributed by atoms with van der Waals surface area (Å²) in [6.45, 7) is 2.59. The molecule has 1 aliphatic rings. The topological polar surface area (TPSA) is 60.5 Å². The summed E-state index contributed by atoms with van der Waals surface area (Å²) in [5, 5.41) is 0. The SMILES string of the molecule is COc1ccccc1N1CCN(C(=O)/C(=C/c2cc(OC)c(OC)c(OC)c2)c2ccc(-c3ccccc3)cc2)CC1.Cl. The van der Waals surface area contributed by atoms with Gasteiger partial charge in [0.25, 0.3) is 5.91 Å². The minimum absolute atomic E-state index is 0. The van der Waals surface area contributed by atoms with Crippen molar-refractivity contribution in [3.63, 3.8) is 0 Å². The van der Waals surface area contributed by atoms with E-state index in [9.17, 15) is 4.79 Å². The third-order valence-electron chi connectivity index (χ3n) is 7.52. The zero-order chi connectivity index (χ0) is 29.5. The molecular weight excluding hydrogens is 564 g/mol. The van der Waals surface area contributed by atoms with Crippen molar-refractivity contribution in [1.82, 2.24) is 4.90 Å². The molecule has 4 aromatic carbocycles. The van der Waals surface area contributed by atoms with E-state index in [1.54, 1.807) is 28.4 Å². The highest BCUT2D eigenvalue weighted by atomic mass is 35.5. The number of para-hydroxylation sites is 2. The highest BCUT2D eigenvalue weighted by Gasteiger charge is 2.26. The molecule has 5 rings (SSSR count). The number of carbonyl (C=O) groups excluding carboxylic acids is 1. The van der Waals surface area contributed by atoms with E-state index >= 15 is 0 Å². The number of amides is 1. The summed E-state index contributed by atoms with van der Waals surface area (Å²) in [4.78, 5) is 18.4. The lowest BCUT2D eigenvalue weighted by Gasteiger charge is -2.37. The van der Waals surface area contributed by atoms with Crippen molar-refractivity contribution < 1.29 is 23.7 Å². The molecule has 1 aliphatic heterocycles. The Hall–Kier alpha value is -4.62. The number of carbonyl (C=O) groups is 1. The lowest BCUT2D eigenvalue weighted by molar-refractivity contribution is -0.125. The van der Waals surface area contributed by atoms with Crippen LogP contribution >= 0.6 is 12.4 Å². The Bertz CT molecular complexity index is 1520. The molecule has 224 valence electrons. The number of nitrogens with zero attached hydrogens (tertiary/aromatic N) is 2. The first-order valence-corrected chi connectivity index (χ1v) is 13.9. The normalized spacial score (nSPS) is 13.2. The van der Waals surface area contributed by atoms with Crippen LogP contribution in [0.25, 0.3) is 22.8 Å². The van der Waals surface area contributed by atoms with Gasteiger partial charge in [-0.2, -0.15) is 0 Å². The van der Waals surface area contributed by atoms with Gasteiger partial charge in [0.2, 0.25) is 5.75 Å². The van der Waals surface area contributed by atoms with Crippen LogP contribution in [-0.2, 0) is 4.79 Å². The van der Waals surface area contributed by atoms with Gasteiger partial charge in [0.05, 0.1) is 34.1 Å². The van der Waals surface area contributed by atoms with E-state index in [0.29, 0.717) is 49.0 Å². The second-order valence-corrected chi connectivity index (χ2v) is 9.91. The molecule has 7 nitrogen and oxygen atoms in total. The first-order valence-electron chi connectivity index (χ1n) is 13.9. The van der Waals surface area contributed by atoms with E-state index < -0.39 is 0 Å². The molecule has 0 spiro atoms. The summed E-state index contributed by atoms with van der Waals surface area (Å²) in [6, 6.07) is 30.0. The lowest BCUT2D eigenvalue weighted by Crippen LogP contribution is -2.49. The molecule has 1 heterocycles. The molecule has 0 atom stereocenters. The Labute approximate surface area is 259 Å². The van der Waals surface area contributed by atoms with Crippen LogP contribution in [-0.4, -0.2) is 65.4 Å². The number of anilines is 1. The number of methoxy groups -OCH3 is 4. The Kier molecular flexibility index (Phi) is 10.6. The summed E-state index contributed by atoms with van der Waals surface area (Å²) in [6.07, 6.45) is 1.90. The van der Waals surface area contributed by atoms with Gasteiger partial charge in [-0.15, -0.1) is 12.4 Å². The average molecular weight is 601 g/mol. The Morgan fingerprint density at radius 2 is 1.21 bits per heavy atom. The van der Waals surface area contributed by atoms with Crippen LogP contribution in [0.4, 0.5) is 5.69 Å². The van der Waals surface area contributed by atoms with E-state index in [1.165, 1.54) is 0 Å². The molecule has 0 unspecified atom stereocenters. The minimum Gasteiger partial charge on any atom is -0.495 e. The van der Waals surface area contributed by atoms with Crippen LogP contribution < -0.4 is 23.8 Å². The van der Waals surface area contributed by atoms with Crippen molar-refractivity contribution in [3.05, 3.63) is 102 Å². The monoisotopic (exact) mass is 600 g/mol. The number of benzene rings is 4. The summed E-state index contributed by atoms with van der Waals surface area (Å²) < 4.78 is 22.2. The van der Waals surface area contributed by atoms with Crippen molar-refractivity contribution >= 4 is 35.7 Å². The minimum atomic E-state index is -0.0316. The maximum Gasteiger partial charge on any atom is 0.254 e. The van der Waals surface area contributed by atoms with Crippen LogP contribution in [0.2, 0.25) is 0 Å². The lowest BCUT2D eigenvalue weighted by atomic mass is 9.97. The van der Waals surface area contributed by atoms with E-state index in [4.69, 9.17) is 18.9 Å². The van der Waals surface area contributed by atoms with Crippen molar-refractivity contribution in [2.24, 2.45) is 0 Å². The highest BCUT2D eigenvalue weighted by molar-refractivity contribution is 6.24. The van der Waals surface area contributed by atoms with Crippen LogP contribution in [0.15, 0.2) is 91.0 Å². The van der Waals surface area contributed by atoms with Gasteiger partial charge in [-0.25, -0.2) is 0 Å². The smallest absolute Gasteiger partial charge is 0.254 e. The Balaban J connectivity index is 0.00000423. The zero-order valence-corrected chi connectivity index (χ0v) is 25.7. The van der Waals surface area contributed by atoms with Crippen molar-refractivity contribution in [2.45, 2.75) is 0 Å². The van der Waals surface area contributed by atoms with Crippen molar-refractivity contribution in [3.8, 4) is 34.1 Å². The maximum absolute atomic E-state index is 14.2. The standard InChI is InChI=1S/C35H36N2O5.ClH/c1-39-31-13-9-8-12-30(31)36-18-20-37(21-19-36)35(38)29(22-25-23-32(40-2)34(42-4)33(24-25)41-3)28-16-14-27(15-17-28)26-10-6-5-7-11-26;/h5-17,22-24H,18-21H2,1-4H3;1H/b29-22+;. The van der Waals surface area contributed by atoms with E-state index in [-0.39, 0.29) is 18.3 Å². The second kappa shape index (κ2) is 14.5. The van der Waals surface area contributed by atoms with Gasteiger partial charge in [0.1, 0.15) is 5.75 Å². The zero-order valence-electron chi connectivity index (χ0n) is 24.9. The molecule has 0 aromatic heterocycles. The van der Waals surface area contributed by atoms with Gasteiger partial charge in [0.15, 0.2) is 11.5 Å². The first-order chi connectivity index (χ1) is 20.6. The van der Waals surface area contributed by atoms with Crippen LogP contribution in [0.5, 0.6) is 23.0 Å². The van der Waals surface area contributed by atoms with E-state index in [0.717, 1.165) is 33.7 Å². The van der Waals surface area contributed by atoms with Gasteiger partial charge in [-0.3, -0.25) is 4.79 Å². The largest absolute Gasteiger partial charge is 0.495 e. The number of halogens is 1. The molecular formula is C35H37ClN2O5. The second-order valence-electron chi connectivity index (χ2n) is 9.91. The van der Waals surface area contributed by atoms with E-state index in [2.05, 4.69) is 35.2 Å². The average Bonchev–Trinajstić information content (AvgIpc) is 3.06. The molecule has 0 N–H and O–H groups in total. The third kappa shape index (κ3) is 6.89. The predicted octanol–water partition coefficient (Wildman–Crippen LogP) is 6.70. The molecule has 1 fully saturated rings. The molecule has 0 bridgehead atoms. The number of hydrogen-bond donors (Lipinski definition) is 0. The Morgan fingerprint density at radius 3 is 1.79 bits per heavy atom. The molecule has 1 amide bonds. The quantitative estimate of drug-likeness (QED) is 0.157. The molecule has 0 saturated carbocycles. The van der Waals surface area contributed by atoms with Gasteiger partial charge in [0, 0.05) is 31.8 Å². The van der Waals surface area contributed by atoms with Gasteiger partial charge < -0.3 is 28.7 Å². The molecule has 0 radical (unpaired) electrons. The fraction of sp³-hybridized carbons (Fsp3) is 0.229. The molecule has 4 aromatic rings. The highest BCUT2D eigenvalue weighted by Crippen LogP contribution is 2.39.